The van der Waals surface area contributed by atoms with Crippen LogP contribution >= 0.6 is 0 Å². The molecule has 2 fully saturated rings. The summed E-state index contributed by atoms with van der Waals surface area (Å²) in [5.74, 6) is 1.09. The van der Waals surface area contributed by atoms with E-state index in [0.29, 0.717) is 32.3 Å². The van der Waals surface area contributed by atoms with Gasteiger partial charge in [0.2, 0.25) is 5.91 Å². The van der Waals surface area contributed by atoms with Gasteiger partial charge >= 0.3 is 0 Å². The summed E-state index contributed by atoms with van der Waals surface area (Å²) in [7, 11) is 0. The lowest BCUT2D eigenvalue weighted by atomic mass is 9.94. The van der Waals surface area contributed by atoms with Crippen molar-refractivity contribution in [2.24, 2.45) is 0 Å². The highest BCUT2D eigenvalue weighted by Crippen LogP contribution is 2.25. The maximum atomic E-state index is 13.1. The van der Waals surface area contributed by atoms with E-state index < -0.39 is 0 Å². The first-order valence-corrected chi connectivity index (χ1v) is 10.3. The van der Waals surface area contributed by atoms with Gasteiger partial charge in [-0.1, -0.05) is 25.3 Å². The fourth-order valence-electron chi connectivity index (χ4n) is 4.28. The van der Waals surface area contributed by atoms with Crippen molar-refractivity contribution in [3.63, 3.8) is 0 Å². The molecule has 1 N–H and O–H groups in total. The number of carbonyl (C=O) groups excluding carboxylic acids is 1. The van der Waals surface area contributed by atoms with Crippen LogP contribution in [-0.2, 0) is 22.7 Å². The molecule has 0 bridgehead atoms. The number of ether oxygens (including phenoxy) is 1. The Bertz CT molecular complexity index is 731. The second-order valence-electron chi connectivity index (χ2n) is 7.84. The van der Waals surface area contributed by atoms with Gasteiger partial charge < -0.3 is 14.6 Å². The first kappa shape index (κ1) is 19.1. The predicted molar refractivity (Wildman–Crippen MR) is 105 cm³/mol. The van der Waals surface area contributed by atoms with Gasteiger partial charge in [-0.2, -0.15) is 0 Å². The summed E-state index contributed by atoms with van der Waals surface area (Å²) in [6.45, 7) is 2.95. The SMILES string of the molecule is O=C1CN(Cc2ncc[nH]2)C[C@@H](OCc2cccnc2)CN1C1CCCCC1. The Morgan fingerprint density at radius 1 is 1.18 bits per heavy atom. The van der Waals surface area contributed by atoms with Crippen molar-refractivity contribution in [3.05, 3.63) is 48.3 Å². The Morgan fingerprint density at radius 3 is 2.82 bits per heavy atom. The van der Waals surface area contributed by atoms with Crippen LogP contribution in [0.4, 0.5) is 0 Å². The summed E-state index contributed by atoms with van der Waals surface area (Å²) in [6, 6.07) is 4.30. The molecule has 3 heterocycles. The number of rotatable bonds is 6. The van der Waals surface area contributed by atoms with E-state index in [1.54, 1.807) is 12.4 Å². The van der Waals surface area contributed by atoms with Crippen molar-refractivity contribution >= 4 is 5.91 Å². The Labute approximate surface area is 166 Å². The molecule has 0 aromatic carbocycles. The molecule has 1 aliphatic heterocycles. The number of H-pyrrole nitrogens is 1. The number of hydrogen-bond acceptors (Lipinski definition) is 5. The third kappa shape index (κ3) is 4.97. The highest BCUT2D eigenvalue weighted by Gasteiger charge is 2.33. The zero-order chi connectivity index (χ0) is 19.2. The van der Waals surface area contributed by atoms with Crippen LogP contribution < -0.4 is 0 Å². The topological polar surface area (TPSA) is 74.3 Å². The van der Waals surface area contributed by atoms with E-state index >= 15 is 0 Å². The van der Waals surface area contributed by atoms with E-state index in [-0.39, 0.29) is 12.0 Å². The van der Waals surface area contributed by atoms with Gasteiger partial charge in [-0.05, 0) is 24.5 Å². The lowest BCUT2D eigenvalue weighted by molar-refractivity contribution is -0.135. The number of amides is 1. The number of hydrogen-bond donors (Lipinski definition) is 1. The van der Waals surface area contributed by atoms with E-state index in [9.17, 15) is 4.79 Å². The zero-order valence-electron chi connectivity index (χ0n) is 16.3. The van der Waals surface area contributed by atoms with E-state index in [0.717, 1.165) is 30.8 Å². The van der Waals surface area contributed by atoms with Crippen LogP contribution in [0, 0.1) is 0 Å². The number of imidazole rings is 1. The van der Waals surface area contributed by atoms with Gasteiger partial charge in [0.1, 0.15) is 5.82 Å². The minimum absolute atomic E-state index is 0.0245. The number of nitrogens with one attached hydrogen (secondary N) is 1. The largest absolute Gasteiger partial charge is 0.370 e. The summed E-state index contributed by atoms with van der Waals surface area (Å²) in [5, 5.41) is 0. The third-order valence-electron chi connectivity index (χ3n) is 5.69. The Kier molecular flexibility index (Phi) is 6.34. The molecule has 0 unspecified atom stereocenters. The fourth-order valence-corrected chi connectivity index (χ4v) is 4.28. The van der Waals surface area contributed by atoms with Crippen LogP contribution in [-0.4, -0.2) is 62.4 Å². The van der Waals surface area contributed by atoms with E-state index in [4.69, 9.17) is 4.74 Å². The molecule has 0 spiro atoms. The molecule has 1 saturated heterocycles. The Balaban J connectivity index is 1.46. The fraction of sp³-hybridized carbons (Fsp3) is 0.571. The number of pyridine rings is 1. The van der Waals surface area contributed by atoms with Crippen molar-refractivity contribution in [2.75, 3.05) is 19.6 Å². The average Bonchev–Trinajstić information content (AvgIpc) is 3.18. The normalized spacial score (nSPS) is 22.4. The molecule has 2 aromatic heterocycles. The summed E-state index contributed by atoms with van der Waals surface area (Å²) < 4.78 is 6.26. The summed E-state index contributed by atoms with van der Waals surface area (Å²) >= 11 is 0. The summed E-state index contributed by atoms with van der Waals surface area (Å²) in [4.78, 5) is 28.9. The van der Waals surface area contributed by atoms with Gasteiger partial charge in [-0.15, -0.1) is 0 Å². The van der Waals surface area contributed by atoms with Crippen LogP contribution in [0.2, 0.25) is 0 Å². The van der Waals surface area contributed by atoms with Crippen molar-refractivity contribution in [3.8, 4) is 0 Å². The minimum Gasteiger partial charge on any atom is -0.370 e. The molecule has 7 nitrogen and oxygen atoms in total. The molecule has 1 amide bonds. The first-order valence-electron chi connectivity index (χ1n) is 10.3. The molecule has 2 aliphatic rings. The van der Waals surface area contributed by atoms with Crippen LogP contribution in [0.15, 0.2) is 36.9 Å². The van der Waals surface area contributed by atoms with Gasteiger partial charge in [0.15, 0.2) is 0 Å². The molecule has 150 valence electrons. The number of carbonyl (C=O) groups is 1. The smallest absolute Gasteiger partial charge is 0.237 e. The Hall–Kier alpha value is -2.25. The third-order valence-corrected chi connectivity index (χ3v) is 5.69. The standard InChI is InChI=1S/C21H29N5O2/c27-21-15-25(14-20-23-9-10-24-20)12-19(28-16-17-5-4-8-22-11-17)13-26(21)18-6-2-1-3-7-18/h4-5,8-11,18-19H,1-3,6-7,12-16H2,(H,23,24)/t19-/m1/s1. The van der Waals surface area contributed by atoms with Crippen molar-refractivity contribution in [1.29, 1.82) is 0 Å². The maximum absolute atomic E-state index is 13.1. The molecule has 7 heteroatoms. The maximum Gasteiger partial charge on any atom is 0.237 e. The molecular weight excluding hydrogens is 354 g/mol. The van der Waals surface area contributed by atoms with Gasteiger partial charge in [0, 0.05) is 43.9 Å². The van der Waals surface area contributed by atoms with E-state index in [1.165, 1.54) is 19.3 Å². The first-order chi connectivity index (χ1) is 13.8. The molecule has 0 radical (unpaired) electrons. The van der Waals surface area contributed by atoms with Crippen LogP contribution in [0.3, 0.4) is 0 Å². The van der Waals surface area contributed by atoms with Gasteiger partial charge in [-0.25, -0.2) is 4.98 Å². The van der Waals surface area contributed by atoms with E-state index in [1.807, 2.05) is 24.5 Å². The highest BCUT2D eigenvalue weighted by atomic mass is 16.5. The van der Waals surface area contributed by atoms with Crippen LogP contribution in [0.1, 0.15) is 43.5 Å². The zero-order valence-corrected chi connectivity index (χ0v) is 16.3. The van der Waals surface area contributed by atoms with Crippen LogP contribution in [0.25, 0.3) is 0 Å². The van der Waals surface area contributed by atoms with E-state index in [2.05, 4.69) is 24.8 Å². The predicted octanol–water partition coefficient (Wildman–Crippen LogP) is 2.37. The number of aromatic nitrogens is 3. The van der Waals surface area contributed by atoms with Gasteiger partial charge in [0.25, 0.3) is 0 Å². The lowest BCUT2D eigenvalue weighted by Gasteiger charge is -2.35. The van der Waals surface area contributed by atoms with Crippen LogP contribution in [0.5, 0.6) is 0 Å². The number of aromatic amines is 1. The molecule has 1 saturated carbocycles. The molecule has 1 aliphatic carbocycles. The monoisotopic (exact) mass is 383 g/mol. The lowest BCUT2D eigenvalue weighted by Crippen LogP contribution is -2.45. The quantitative estimate of drug-likeness (QED) is 0.829. The second-order valence-corrected chi connectivity index (χ2v) is 7.84. The van der Waals surface area contributed by atoms with Crippen molar-refractivity contribution < 1.29 is 9.53 Å². The summed E-state index contributed by atoms with van der Waals surface area (Å²) in [6.07, 6.45) is 13.1. The minimum atomic E-state index is -0.0245. The molecule has 4 rings (SSSR count). The summed E-state index contributed by atoms with van der Waals surface area (Å²) in [5.41, 5.74) is 1.06. The van der Waals surface area contributed by atoms with Crippen molar-refractivity contribution in [1.82, 2.24) is 24.8 Å². The molecule has 1 atom stereocenters. The highest BCUT2D eigenvalue weighted by molar-refractivity contribution is 5.79. The number of nitrogens with zero attached hydrogens (tertiary/aromatic N) is 4. The van der Waals surface area contributed by atoms with Gasteiger partial charge in [0.05, 0.1) is 25.8 Å². The van der Waals surface area contributed by atoms with Crippen molar-refractivity contribution in [2.45, 2.75) is 57.4 Å². The van der Waals surface area contributed by atoms with Gasteiger partial charge in [-0.3, -0.25) is 14.7 Å². The molecule has 28 heavy (non-hydrogen) atoms. The average molecular weight is 383 g/mol. The molecular formula is C21H29N5O2. The second kappa shape index (κ2) is 9.30. The molecule has 2 aromatic rings. The Morgan fingerprint density at radius 2 is 2.07 bits per heavy atom.